The van der Waals surface area contributed by atoms with Crippen molar-refractivity contribution in [1.82, 2.24) is 15.5 Å². The SMILES string of the molecule is O=C(NCC(O)CNC1Cc2ccccc2C1)c1ccc(C(=O)N2CCC(O)CC2)cc1. The summed E-state index contributed by atoms with van der Waals surface area (Å²) >= 11 is 0. The molecule has 2 aromatic rings. The largest absolute Gasteiger partial charge is 0.393 e. The number of nitrogens with zero attached hydrogens (tertiary/aromatic N) is 1. The standard InChI is InChI=1S/C25H31N3O4/c29-22-9-11-28(12-10-22)25(32)18-7-5-17(6-8-18)24(31)27-16-23(30)15-26-21-13-19-3-1-2-4-20(19)14-21/h1-8,21-23,26,29-30H,9-16H2,(H,27,31). The Balaban J connectivity index is 1.20. The van der Waals surface area contributed by atoms with Gasteiger partial charge in [-0.2, -0.15) is 0 Å². The lowest BCUT2D eigenvalue weighted by molar-refractivity contribution is 0.0546. The van der Waals surface area contributed by atoms with Crippen LogP contribution in [0.1, 0.15) is 44.7 Å². The second-order valence-electron chi connectivity index (χ2n) is 8.75. The Morgan fingerprint density at radius 1 is 0.938 bits per heavy atom. The molecule has 32 heavy (non-hydrogen) atoms. The minimum absolute atomic E-state index is 0.0839. The Hall–Kier alpha value is -2.74. The van der Waals surface area contributed by atoms with Gasteiger partial charge in [-0.25, -0.2) is 0 Å². The fraction of sp³-hybridized carbons (Fsp3) is 0.440. The van der Waals surface area contributed by atoms with Crippen LogP contribution >= 0.6 is 0 Å². The number of aliphatic hydroxyl groups is 2. The highest BCUT2D eigenvalue weighted by molar-refractivity contribution is 5.97. The number of benzene rings is 2. The number of likely N-dealkylation sites (tertiary alicyclic amines) is 1. The van der Waals surface area contributed by atoms with E-state index >= 15 is 0 Å². The van der Waals surface area contributed by atoms with Crippen molar-refractivity contribution < 1.29 is 19.8 Å². The van der Waals surface area contributed by atoms with Gasteiger partial charge >= 0.3 is 0 Å². The molecule has 1 aliphatic heterocycles. The molecule has 4 rings (SSSR count). The average Bonchev–Trinajstić information content (AvgIpc) is 3.24. The quantitative estimate of drug-likeness (QED) is 0.520. The lowest BCUT2D eigenvalue weighted by Gasteiger charge is -2.29. The van der Waals surface area contributed by atoms with Crippen molar-refractivity contribution in [3.63, 3.8) is 0 Å². The van der Waals surface area contributed by atoms with Gasteiger partial charge in [-0.15, -0.1) is 0 Å². The third kappa shape index (κ3) is 5.54. The van der Waals surface area contributed by atoms with E-state index in [1.54, 1.807) is 29.2 Å². The van der Waals surface area contributed by atoms with E-state index in [1.165, 1.54) is 11.1 Å². The van der Waals surface area contributed by atoms with Gasteiger partial charge in [0.2, 0.25) is 0 Å². The van der Waals surface area contributed by atoms with Crippen molar-refractivity contribution in [2.45, 2.75) is 43.9 Å². The van der Waals surface area contributed by atoms with Gasteiger partial charge in [0.25, 0.3) is 11.8 Å². The van der Waals surface area contributed by atoms with Gasteiger partial charge in [0.15, 0.2) is 0 Å². The first-order chi connectivity index (χ1) is 15.5. The number of carbonyl (C=O) groups excluding carboxylic acids is 2. The third-order valence-corrected chi connectivity index (χ3v) is 6.34. The van der Waals surface area contributed by atoms with Crippen LogP contribution in [0.4, 0.5) is 0 Å². The first-order valence-corrected chi connectivity index (χ1v) is 11.3. The fourth-order valence-electron chi connectivity index (χ4n) is 4.41. The van der Waals surface area contributed by atoms with E-state index in [0.29, 0.717) is 49.6 Å². The first kappa shape index (κ1) is 22.5. The zero-order chi connectivity index (χ0) is 22.5. The Morgan fingerprint density at radius 3 is 2.16 bits per heavy atom. The van der Waals surface area contributed by atoms with Crippen molar-refractivity contribution in [2.24, 2.45) is 0 Å². The number of hydrogen-bond donors (Lipinski definition) is 4. The van der Waals surface area contributed by atoms with Gasteiger partial charge in [0, 0.05) is 43.3 Å². The summed E-state index contributed by atoms with van der Waals surface area (Å²) in [4.78, 5) is 26.7. The van der Waals surface area contributed by atoms with Gasteiger partial charge < -0.3 is 25.7 Å². The van der Waals surface area contributed by atoms with Crippen LogP contribution in [-0.4, -0.2) is 71.4 Å². The summed E-state index contributed by atoms with van der Waals surface area (Å²) in [5.41, 5.74) is 3.68. The summed E-state index contributed by atoms with van der Waals surface area (Å²) < 4.78 is 0. The Kier molecular flexibility index (Phi) is 7.19. The number of nitrogens with one attached hydrogen (secondary N) is 2. The van der Waals surface area contributed by atoms with Crippen LogP contribution in [0, 0.1) is 0 Å². The summed E-state index contributed by atoms with van der Waals surface area (Å²) in [6.45, 7) is 1.65. The molecule has 7 nitrogen and oxygen atoms in total. The van der Waals surface area contributed by atoms with Crippen LogP contribution in [0.2, 0.25) is 0 Å². The summed E-state index contributed by atoms with van der Waals surface area (Å²) in [7, 11) is 0. The zero-order valence-electron chi connectivity index (χ0n) is 18.2. The van der Waals surface area contributed by atoms with Crippen LogP contribution in [0.3, 0.4) is 0 Å². The van der Waals surface area contributed by atoms with Crippen LogP contribution < -0.4 is 10.6 Å². The molecule has 4 N–H and O–H groups in total. The summed E-state index contributed by atoms with van der Waals surface area (Å²) in [6.07, 6.45) is 2.09. The minimum Gasteiger partial charge on any atom is -0.393 e. The smallest absolute Gasteiger partial charge is 0.253 e. The maximum Gasteiger partial charge on any atom is 0.253 e. The first-order valence-electron chi connectivity index (χ1n) is 11.3. The number of carbonyl (C=O) groups is 2. The summed E-state index contributed by atoms with van der Waals surface area (Å²) in [5, 5.41) is 26.0. The number of fused-ring (bicyclic) bond motifs is 1. The molecular formula is C25H31N3O4. The predicted molar refractivity (Wildman–Crippen MR) is 122 cm³/mol. The molecule has 2 aliphatic rings. The molecule has 1 heterocycles. The number of hydrogen-bond acceptors (Lipinski definition) is 5. The Labute approximate surface area is 188 Å². The van der Waals surface area contributed by atoms with Gasteiger partial charge in [-0.05, 0) is 61.1 Å². The van der Waals surface area contributed by atoms with Crippen molar-refractivity contribution in [3.8, 4) is 0 Å². The molecule has 0 radical (unpaired) electrons. The second kappa shape index (κ2) is 10.3. The van der Waals surface area contributed by atoms with Gasteiger partial charge in [-0.3, -0.25) is 9.59 Å². The van der Waals surface area contributed by atoms with Crippen molar-refractivity contribution in [3.05, 3.63) is 70.8 Å². The van der Waals surface area contributed by atoms with Gasteiger partial charge in [0.05, 0.1) is 12.2 Å². The van der Waals surface area contributed by atoms with Crippen LogP contribution in [0.15, 0.2) is 48.5 Å². The van der Waals surface area contributed by atoms with Gasteiger partial charge in [0.1, 0.15) is 0 Å². The minimum atomic E-state index is -0.682. The number of aliphatic hydroxyl groups excluding tert-OH is 2. The van der Waals surface area contributed by atoms with E-state index in [2.05, 4.69) is 22.8 Å². The molecule has 0 bridgehead atoms. The molecule has 0 spiro atoms. The average molecular weight is 438 g/mol. The maximum atomic E-state index is 12.6. The molecule has 0 saturated carbocycles. The Bertz CT molecular complexity index is 913. The highest BCUT2D eigenvalue weighted by Gasteiger charge is 2.23. The molecular weight excluding hydrogens is 406 g/mol. The maximum absolute atomic E-state index is 12.6. The van der Waals surface area contributed by atoms with Crippen LogP contribution in [-0.2, 0) is 12.8 Å². The predicted octanol–water partition coefficient (Wildman–Crippen LogP) is 1.13. The fourth-order valence-corrected chi connectivity index (χ4v) is 4.41. The molecule has 1 fully saturated rings. The molecule has 1 aliphatic carbocycles. The van der Waals surface area contributed by atoms with Crippen molar-refractivity contribution in [1.29, 1.82) is 0 Å². The normalized spacial score (nSPS) is 17.8. The number of piperidine rings is 1. The van der Waals surface area contributed by atoms with E-state index in [1.807, 2.05) is 12.1 Å². The molecule has 1 saturated heterocycles. The molecule has 2 amide bonds. The Morgan fingerprint density at radius 2 is 1.53 bits per heavy atom. The van der Waals surface area contributed by atoms with E-state index in [4.69, 9.17) is 0 Å². The van der Waals surface area contributed by atoms with Crippen molar-refractivity contribution >= 4 is 11.8 Å². The molecule has 0 aromatic heterocycles. The van der Waals surface area contributed by atoms with E-state index in [-0.39, 0.29) is 24.5 Å². The molecule has 1 unspecified atom stereocenters. The van der Waals surface area contributed by atoms with Crippen molar-refractivity contribution in [2.75, 3.05) is 26.2 Å². The van der Waals surface area contributed by atoms with Gasteiger partial charge in [-0.1, -0.05) is 24.3 Å². The second-order valence-corrected chi connectivity index (χ2v) is 8.75. The monoisotopic (exact) mass is 437 g/mol. The van der Waals surface area contributed by atoms with Crippen LogP contribution in [0.25, 0.3) is 0 Å². The van der Waals surface area contributed by atoms with E-state index < -0.39 is 6.10 Å². The number of amides is 2. The molecule has 1 atom stereocenters. The molecule has 2 aromatic carbocycles. The highest BCUT2D eigenvalue weighted by atomic mass is 16.3. The number of rotatable bonds is 7. The highest BCUT2D eigenvalue weighted by Crippen LogP contribution is 2.21. The zero-order valence-corrected chi connectivity index (χ0v) is 18.2. The summed E-state index contributed by atoms with van der Waals surface area (Å²) in [5.74, 6) is -0.364. The van der Waals surface area contributed by atoms with E-state index in [9.17, 15) is 19.8 Å². The molecule has 170 valence electrons. The lowest BCUT2D eigenvalue weighted by Crippen LogP contribution is -2.41. The lowest BCUT2D eigenvalue weighted by atomic mass is 10.1. The third-order valence-electron chi connectivity index (χ3n) is 6.34. The van der Waals surface area contributed by atoms with Crippen LogP contribution in [0.5, 0.6) is 0 Å². The topological polar surface area (TPSA) is 102 Å². The summed E-state index contributed by atoms with van der Waals surface area (Å²) in [6, 6.07) is 15.2. The molecule has 7 heteroatoms. The van der Waals surface area contributed by atoms with E-state index in [0.717, 1.165) is 12.8 Å².